The van der Waals surface area contributed by atoms with Crippen molar-refractivity contribution in [2.24, 2.45) is 0 Å². The lowest BCUT2D eigenvalue weighted by atomic mass is 9.91. The molecular formula is C11H13NO. The molecule has 0 aliphatic heterocycles. The molecule has 0 N–H and O–H groups in total. The van der Waals surface area contributed by atoms with Gasteiger partial charge in [0.15, 0.2) is 5.58 Å². The van der Waals surface area contributed by atoms with Gasteiger partial charge in [-0.05, 0) is 12.1 Å². The smallest absolute Gasteiger partial charge is 0.155 e. The van der Waals surface area contributed by atoms with Crippen LogP contribution >= 0.6 is 0 Å². The second-order valence-corrected chi connectivity index (χ2v) is 4.25. The summed E-state index contributed by atoms with van der Waals surface area (Å²) in [5, 5.41) is 1.12. The Bertz CT molecular complexity index is 423. The maximum atomic E-state index is 5.41. The highest BCUT2D eigenvalue weighted by Crippen LogP contribution is 2.27. The van der Waals surface area contributed by atoms with Crippen molar-refractivity contribution in [3.8, 4) is 0 Å². The minimum absolute atomic E-state index is 0.0391. The second-order valence-electron chi connectivity index (χ2n) is 4.25. The van der Waals surface area contributed by atoms with Crippen LogP contribution in [0.3, 0.4) is 0 Å². The Labute approximate surface area is 77.6 Å². The fourth-order valence-electron chi connectivity index (χ4n) is 1.43. The first-order valence-electron chi connectivity index (χ1n) is 4.42. The topological polar surface area (TPSA) is 26.0 Å². The molecule has 0 aliphatic carbocycles. The lowest BCUT2D eigenvalue weighted by Gasteiger charge is -2.17. The molecule has 2 heterocycles. The van der Waals surface area contributed by atoms with Gasteiger partial charge in [-0.3, -0.25) is 4.98 Å². The van der Waals surface area contributed by atoms with Crippen LogP contribution in [0.2, 0.25) is 0 Å². The fraction of sp³-hybridized carbons (Fsp3) is 0.364. The Morgan fingerprint density at radius 3 is 2.69 bits per heavy atom. The number of pyridine rings is 1. The Balaban J connectivity index is 2.75. The fourth-order valence-corrected chi connectivity index (χ4v) is 1.43. The highest BCUT2D eigenvalue weighted by atomic mass is 16.3. The lowest BCUT2D eigenvalue weighted by Crippen LogP contribution is -2.13. The van der Waals surface area contributed by atoms with E-state index in [1.807, 2.05) is 18.3 Å². The van der Waals surface area contributed by atoms with Gasteiger partial charge in [-0.25, -0.2) is 0 Å². The molecule has 2 heteroatoms. The summed E-state index contributed by atoms with van der Waals surface area (Å²) in [5.74, 6) is 0. The largest absolute Gasteiger partial charge is 0.462 e. The predicted octanol–water partition coefficient (Wildman–Crippen LogP) is 3.13. The van der Waals surface area contributed by atoms with Crippen LogP contribution in [0.25, 0.3) is 11.0 Å². The first-order chi connectivity index (χ1) is 6.09. The average Bonchev–Trinajstić information content (AvgIpc) is 2.48. The number of furan rings is 1. The van der Waals surface area contributed by atoms with Gasteiger partial charge in [0.05, 0.1) is 12.0 Å². The quantitative estimate of drug-likeness (QED) is 0.614. The van der Waals surface area contributed by atoms with Gasteiger partial charge < -0.3 is 4.42 Å². The molecule has 2 nitrogen and oxygen atoms in total. The SMILES string of the molecule is CC(C)(C)c1nccc2ccoc12. The summed E-state index contributed by atoms with van der Waals surface area (Å²) in [6.45, 7) is 6.41. The van der Waals surface area contributed by atoms with Crippen molar-refractivity contribution in [3.63, 3.8) is 0 Å². The molecule has 0 aliphatic rings. The van der Waals surface area contributed by atoms with E-state index >= 15 is 0 Å². The van der Waals surface area contributed by atoms with Gasteiger partial charge >= 0.3 is 0 Å². The van der Waals surface area contributed by atoms with E-state index in [-0.39, 0.29) is 5.41 Å². The minimum Gasteiger partial charge on any atom is -0.462 e. The molecule has 68 valence electrons. The van der Waals surface area contributed by atoms with E-state index in [4.69, 9.17) is 4.42 Å². The van der Waals surface area contributed by atoms with Gasteiger partial charge in [-0.2, -0.15) is 0 Å². The van der Waals surface area contributed by atoms with Gasteiger partial charge in [0.25, 0.3) is 0 Å². The number of hydrogen-bond donors (Lipinski definition) is 0. The Kier molecular flexibility index (Phi) is 1.65. The zero-order chi connectivity index (χ0) is 9.47. The summed E-state index contributed by atoms with van der Waals surface area (Å²) in [7, 11) is 0. The van der Waals surface area contributed by atoms with Crippen molar-refractivity contribution >= 4 is 11.0 Å². The first-order valence-corrected chi connectivity index (χ1v) is 4.42. The van der Waals surface area contributed by atoms with Crippen LogP contribution in [0.4, 0.5) is 0 Å². The molecule has 0 saturated heterocycles. The normalized spacial score (nSPS) is 12.2. The molecule has 0 aromatic carbocycles. The van der Waals surface area contributed by atoms with E-state index < -0.39 is 0 Å². The van der Waals surface area contributed by atoms with Crippen LogP contribution < -0.4 is 0 Å². The molecule has 0 unspecified atom stereocenters. The van der Waals surface area contributed by atoms with Gasteiger partial charge in [-0.15, -0.1) is 0 Å². The number of hydrogen-bond acceptors (Lipinski definition) is 2. The second kappa shape index (κ2) is 2.59. The number of fused-ring (bicyclic) bond motifs is 1. The molecule has 0 saturated carbocycles. The van der Waals surface area contributed by atoms with Gasteiger partial charge in [0, 0.05) is 17.0 Å². The molecule has 0 fully saturated rings. The third-order valence-electron chi connectivity index (χ3n) is 2.08. The molecule has 0 amide bonds. The van der Waals surface area contributed by atoms with E-state index in [1.54, 1.807) is 6.26 Å². The number of nitrogens with zero attached hydrogens (tertiary/aromatic N) is 1. The van der Waals surface area contributed by atoms with Gasteiger partial charge in [-0.1, -0.05) is 20.8 Å². The van der Waals surface area contributed by atoms with E-state index in [2.05, 4.69) is 25.8 Å². The van der Waals surface area contributed by atoms with Crippen molar-refractivity contribution < 1.29 is 4.42 Å². The van der Waals surface area contributed by atoms with Gasteiger partial charge in [0.2, 0.25) is 0 Å². The van der Waals surface area contributed by atoms with Crippen molar-refractivity contribution in [1.29, 1.82) is 0 Å². The van der Waals surface area contributed by atoms with E-state index in [1.165, 1.54) is 0 Å². The Morgan fingerprint density at radius 2 is 2.00 bits per heavy atom. The van der Waals surface area contributed by atoms with Crippen molar-refractivity contribution in [2.75, 3.05) is 0 Å². The third-order valence-corrected chi connectivity index (χ3v) is 2.08. The molecule has 2 rings (SSSR count). The van der Waals surface area contributed by atoms with Crippen molar-refractivity contribution in [2.45, 2.75) is 26.2 Å². The molecular weight excluding hydrogens is 162 g/mol. The molecule has 2 aromatic rings. The molecule has 0 spiro atoms. The maximum Gasteiger partial charge on any atom is 0.155 e. The maximum absolute atomic E-state index is 5.41. The molecule has 0 atom stereocenters. The van der Waals surface area contributed by atoms with Gasteiger partial charge in [0.1, 0.15) is 0 Å². The lowest BCUT2D eigenvalue weighted by molar-refractivity contribution is 0.542. The number of aromatic nitrogens is 1. The summed E-state index contributed by atoms with van der Waals surface area (Å²) in [6, 6.07) is 3.93. The van der Waals surface area contributed by atoms with E-state index in [0.29, 0.717) is 0 Å². The zero-order valence-corrected chi connectivity index (χ0v) is 8.16. The Hall–Kier alpha value is -1.31. The monoisotopic (exact) mass is 175 g/mol. The number of rotatable bonds is 0. The van der Waals surface area contributed by atoms with E-state index in [0.717, 1.165) is 16.7 Å². The molecule has 13 heavy (non-hydrogen) atoms. The standard InChI is InChI=1S/C11H13NO/c1-11(2,3)10-9-8(4-6-12-10)5-7-13-9/h4-7H,1-3H3. The van der Waals surface area contributed by atoms with Crippen LogP contribution in [0, 0.1) is 0 Å². The summed E-state index contributed by atoms with van der Waals surface area (Å²) >= 11 is 0. The van der Waals surface area contributed by atoms with Crippen LogP contribution in [-0.2, 0) is 5.41 Å². The highest BCUT2D eigenvalue weighted by Gasteiger charge is 2.19. The molecule has 2 aromatic heterocycles. The average molecular weight is 175 g/mol. The Morgan fingerprint density at radius 1 is 1.23 bits per heavy atom. The van der Waals surface area contributed by atoms with Crippen molar-refractivity contribution in [3.05, 3.63) is 30.3 Å². The zero-order valence-electron chi connectivity index (χ0n) is 8.16. The summed E-state index contributed by atoms with van der Waals surface area (Å²) in [5.41, 5.74) is 1.97. The highest BCUT2D eigenvalue weighted by molar-refractivity contribution is 5.79. The van der Waals surface area contributed by atoms with Crippen LogP contribution in [0.5, 0.6) is 0 Å². The van der Waals surface area contributed by atoms with Crippen LogP contribution in [0.15, 0.2) is 29.0 Å². The third kappa shape index (κ3) is 1.32. The molecule has 0 radical (unpaired) electrons. The summed E-state index contributed by atoms with van der Waals surface area (Å²) in [6.07, 6.45) is 3.54. The minimum atomic E-state index is 0.0391. The van der Waals surface area contributed by atoms with Crippen LogP contribution in [0.1, 0.15) is 26.5 Å². The molecule has 0 bridgehead atoms. The summed E-state index contributed by atoms with van der Waals surface area (Å²) in [4.78, 5) is 4.36. The van der Waals surface area contributed by atoms with E-state index in [9.17, 15) is 0 Å². The predicted molar refractivity (Wildman–Crippen MR) is 52.7 cm³/mol. The first kappa shape index (κ1) is 8.30. The summed E-state index contributed by atoms with van der Waals surface area (Å²) < 4.78 is 5.41. The van der Waals surface area contributed by atoms with Crippen molar-refractivity contribution in [1.82, 2.24) is 4.98 Å². The van der Waals surface area contributed by atoms with Crippen LogP contribution in [-0.4, -0.2) is 4.98 Å².